The molecule has 3 heteroatoms. The number of hydrogen-bond acceptors (Lipinski definition) is 2. The summed E-state index contributed by atoms with van der Waals surface area (Å²) in [5, 5.41) is 3.43. The molecule has 1 aromatic rings. The van der Waals surface area contributed by atoms with Crippen molar-refractivity contribution in [3.63, 3.8) is 0 Å². The lowest BCUT2D eigenvalue weighted by Crippen LogP contribution is -2.21. The van der Waals surface area contributed by atoms with Crippen molar-refractivity contribution in [3.05, 3.63) is 29.6 Å². The Morgan fingerprint density at radius 3 is 2.58 bits per heavy atom. The summed E-state index contributed by atoms with van der Waals surface area (Å²) >= 11 is 0. The Bertz CT molecular complexity index is 368. The number of rotatable bonds is 9. The molecule has 0 fully saturated rings. The number of halogens is 1. The molecular weight excluding hydrogens is 241 g/mol. The Morgan fingerprint density at radius 2 is 2.00 bits per heavy atom. The van der Waals surface area contributed by atoms with Crippen LogP contribution >= 0.6 is 0 Å². The molecule has 0 saturated heterocycles. The van der Waals surface area contributed by atoms with E-state index in [1.54, 1.807) is 12.1 Å². The summed E-state index contributed by atoms with van der Waals surface area (Å²) in [4.78, 5) is 0. The fourth-order valence-electron chi connectivity index (χ4n) is 2.31. The molecule has 1 atom stereocenters. The van der Waals surface area contributed by atoms with Crippen LogP contribution in [-0.2, 0) is 0 Å². The summed E-state index contributed by atoms with van der Waals surface area (Å²) in [5.74, 6) is 0.0291. The summed E-state index contributed by atoms with van der Waals surface area (Å²) in [5.41, 5.74) is 1.01. The molecule has 0 radical (unpaired) electrons. The molecule has 0 heterocycles. The topological polar surface area (TPSA) is 21.3 Å². The second-order valence-electron chi connectivity index (χ2n) is 4.85. The van der Waals surface area contributed by atoms with E-state index in [0.717, 1.165) is 18.5 Å². The summed E-state index contributed by atoms with van der Waals surface area (Å²) < 4.78 is 18.7. The monoisotopic (exact) mass is 267 g/mol. The highest BCUT2D eigenvalue weighted by Gasteiger charge is 2.12. The fraction of sp³-hybridized carbons (Fsp3) is 0.625. The van der Waals surface area contributed by atoms with E-state index in [1.807, 2.05) is 6.07 Å². The lowest BCUT2D eigenvalue weighted by atomic mass is 9.99. The first-order valence-electron chi connectivity index (χ1n) is 7.29. The number of methoxy groups -OCH3 is 1. The fourth-order valence-corrected chi connectivity index (χ4v) is 2.31. The summed E-state index contributed by atoms with van der Waals surface area (Å²) in [6.45, 7) is 5.19. The van der Waals surface area contributed by atoms with Crippen molar-refractivity contribution in [1.29, 1.82) is 0 Å². The van der Waals surface area contributed by atoms with E-state index >= 15 is 0 Å². The van der Waals surface area contributed by atoms with Gasteiger partial charge in [0.15, 0.2) is 11.6 Å². The van der Waals surface area contributed by atoms with Crippen LogP contribution in [0.3, 0.4) is 0 Å². The first-order valence-corrected chi connectivity index (χ1v) is 7.29. The van der Waals surface area contributed by atoms with E-state index < -0.39 is 0 Å². The van der Waals surface area contributed by atoms with Crippen LogP contribution in [0.2, 0.25) is 0 Å². The molecule has 2 nitrogen and oxygen atoms in total. The third-order valence-corrected chi connectivity index (χ3v) is 3.38. The highest BCUT2D eigenvalue weighted by Crippen LogP contribution is 2.25. The molecule has 0 saturated carbocycles. The summed E-state index contributed by atoms with van der Waals surface area (Å²) in [7, 11) is 1.49. The lowest BCUT2D eigenvalue weighted by Gasteiger charge is -2.19. The quantitative estimate of drug-likeness (QED) is 0.667. The Balaban J connectivity index is 2.66. The average Bonchev–Trinajstić information content (AvgIpc) is 2.42. The average molecular weight is 267 g/mol. The lowest BCUT2D eigenvalue weighted by molar-refractivity contribution is 0.385. The number of ether oxygens (including phenoxy) is 1. The predicted octanol–water partition coefficient (Wildman–Crippen LogP) is 4.46. The van der Waals surface area contributed by atoms with Gasteiger partial charge in [0.05, 0.1) is 7.11 Å². The van der Waals surface area contributed by atoms with Crippen LogP contribution in [0.15, 0.2) is 18.2 Å². The van der Waals surface area contributed by atoms with Crippen LogP contribution in [0.4, 0.5) is 4.39 Å². The van der Waals surface area contributed by atoms with Gasteiger partial charge in [-0.3, -0.25) is 0 Å². The SMILES string of the molecule is CCCCCCC(NCC)c1ccc(OC)c(F)c1. The Morgan fingerprint density at radius 1 is 1.21 bits per heavy atom. The van der Waals surface area contributed by atoms with Crippen molar-refractivity contribution < 1.29 is 9.13 Å². The normalized spacial score (nSPS) is 12.4. The maximum absolute atomic E-state index is 13.7. The summed E-state index contributed by atoms with van der Waals surface area (Å²) in [6.07, 6.45) is 5.99. The third-order valence-electron chi connectivity index (χ3n) is 3.38. The Labute approximate surface area is 116 Å². The molecule has 0 aromatic heterocycles. The van der Waals surface area contributed by atoms with Crippen molar-refractivity contribution in [1.82, 2.24) is 5.32 Å². The van der Waals surface area contributed by atoms with Gasteiger partial charge in [0.25, 0.3) is 0 Å². The van der Waals surface area contributed by atoms with Crippen molar-refractivity contribution in [2.45, 2.75) is 52.0 Å². The zero-order chi connectivity index (χ0) is 14.1. The Hall–Kier alpha value is -1.09. The highest BCUT2D eigenvalue weighted by molar-refractivity contribution is 5.31. The molecule has 1 N–H and O–H groups in total. The molecule has 0 amide bonds. The first kappa shape index (κ1) is 16.0. The molecule has 0 aliphatic carbocycles. The van der Waals surface area contributed by atoms with Gasteiger partial charge in [-0.2, -0.15) is 0 Å². The predicted molar refractivity (Wildman–Crippen MR) is 78.1 cm³/mol. The molecule has 108 valence electrons. The highest BCUT2D eigenvalue weighted by atomic mass is 19.1. The van der Waals surface area contributed by atoms with Crippen LogP contribution in [-0.4, -0.2) is 13.7 Å². The van der Waals surface area contributed by atoms with E-state index in [2.05, 4.69) is 19.2 Å². The maximum atomic E-state index is 13.7. The standard InChI is InChI=1S/C16H26FNO/c1-4-6-7-8-9-15(18-5-2)13-10-11-16(19-3)14(17)12-13/h10-12,15,18H,4-9H2,1-3H3. The van der Waals surface area contributed by atoms with E-state index in [0.29, 0.717) is 5.75 Å². The number of nitrogens with one attached hydrogen (secondary N) is 1. The van der Waals surface area contributed by atoms with E-state index in [-0.39, 0.29) is 11.9 Å². The minimum absolute atomic E-state index is 0.238. The first-order chi connectivity index (χ1) is 9.22. The number of benzene rings is 1. The van der Waals surface area contributed by atoms with E-state index in [9.17, 15) is 4.39 Å². The van der Waals surface area contributed by atoms with Gasteiger partial charge in [-0.1, -0.05) is 45.6 Å². The Kier molecular flexibility index (Phi) is 7.49. The molecule has 0 aliphatic rings. The minimum Gasteiger partial charge on any atom is -0.494 e. The molecular formula is C16H26FNO. The number of unbranched alkanes of at least 4 members (excludes halogenated alkanes) is 3. The molecule has 0 aliphatic heterocycles. The molecule has 19 heavy (non-hydrogen) atoms. The van der Waals surface area contributed by atoms with Crippen LogP contribution < -0.4 is 10.1 Å². The molecule has 0 spiro atoms. The molecule has 1 unspecified atom stereocenters. The van der Waals surface area contributed by atoms with Crippen molar-refractivity contribution in [2.24, 2.45) is 0 Å². The maximum Gasteiger partial charge on any atom is 0.165 e. The van der Waals surface area contributed by atoms with Gasteiger partial charge in [0.2, 0.25) is 0 Å². The van der Waals surface area contributed by atoms with Gasteiger partial charge >= 0.3 is 0 Å². The largest absolute Gasteiger partial charge is 0.494 e. The minimum atomic E-state index is -0.281. The van der Waals surface area contributed by atoms with Crippen LogP contribution in [0.25, 0.3) is 0 Å². The van der Waals surface area contributed by atoms with Crippen LogP contribution in [0.5, 0.6) is 5.75 Å². The molecule has 1 aromatic carbocycles. The third kappa shape index (κ3) is 5.19. The summed E-state index contributed by atoms with van der Waals surface area (Å²) in [6, 6.07) is 5.49. The van der Waals surface area contributed by atoms with Gasteiger partial charge in [-0.25, -0.2) is 4.39 Å². The van der Waals surface area contributed by atoms with Gasteiger partial charge in [0.1, 0.15) is 0 Å². The van der Waals surface area contributed by atoms with Crippen LogP contribution in [0, 0.1) is 5.82 Å². The second kappa shape index (κ2) is 8.92. The number of hydrogen-bond donors (Lipinski definition) is 1. The van der Waals surface area contributed by atoms with Gasteiger partial charge < -0.3 is 10.1 Å². The zero-order valence-corrected chi connectivity index (χ0v) is 12.3. The van der Waals surface area contributed by atoms with E-state index in [1.165, 1.54) is 32.8 Å². The van der Waals surface area contributed by atoms with E-state index in [4.69, 9.17) is 4.74 Å². The van der Waals surface area contributed by atoms with Crippen molar-refractivity contribution in [2.75, 3.05) is 13.7 Å². The van der Waals surface area contributed by atoms with Crippen LogP contribution in [0.1, 0.15) is 57.6 Å². The van der Waals surface area contributed by atoms with Gasteiger partial charge in [-0.15, -0.1) is 0 Å². The van der Waals surface area contributed by atoms with Crippen molar-refractivity contribution >= 4 is 0 Å². The molecule has 1 rings (SSSR count). The van der Waals surface area contributed by atoms with Gasteiger partial charge in [-0.05, 0) is 30.7 Å². The second-order valence-corrected chi connectivity index (χ2v) is 4.85. The molecule has 0 bridgehead atoms. The van der Waals surface area contributed by atoms with Gasteiger partial charge in [0, 0.05) is 6.04 Å². The van der Waals surface area contributed by atoms with Crippen molar-refractivity contribution in [3.8, 4) is 5.75 Å². The zero-order valence-electron chi connectivity index (χ0n) is 12.3. The smallest absolute Gasteiger partial charge is 0.165 e.